The van der Waals surface area contributed by atoms with E-state index in [9.17, 15) is 22.8 Å². The molecule has 0 aliphatic carbocycles. The number of piperazine rings is 1. The van der Waals surface area contributed by atoms with Crippen molar-refractivity contribution in [1.82, 2.24) is 24.6 Å². The van der Waals surface area contributed by atoms with Gasteiger partial charge in [0.1, 0.15) is 18.0 Å². The van der Waals surface area contributed by atoms with Crippen LogP contribution in [0, 0.1) is 0 Å². The number of fused-ring (bicyclic) bond motifs is 3. The number of carbonyl (C=O) groups is 2. The van der Waals surface area contributed by atoms with Gasteiger partial charge in [-0.05, 0) is 75.7 Å². The van der Waals surface area contributed by atoms with Crippen LogP contribution in [0.25, 0.3) is 22.4 Å². The first kappa shape index (κ1) is 33.4. The molecule has 3 amide bonds. The van der Waals surface area contributed by atoms with E-state index in [1.807, 2.05) is 45.0 Å². The van der Waals surface area contributed by atoms with Crippen LogP contribution in [-0.2, 0) is 16.0 Å². The highest BCUT2D eigenvalue weighted by molar-refractivity contribution is 6.00. The fourth-order valence-corrected chi connectivity index (χ4v) is 6.46. The standard InChI is InChI=1S/C34H38F3N9O4/c1-33(2,3)50-32(48)44-14-12-43(13-15-44)24-10-8-23(9-11-24)40-31(47)39-22-6-4-21(5-7-22)28-41-29(45-18-26-16-25(45)19-49-26)27-17-38-46(30(27)42-28)20-34(35,36)37/h4-11,17,25-26H,12-16,18-20H2,1-3H3,(H2,39,40,47). The van der Waals surface area contributed by atoms with Crippen molar-refractivity contribution in [3.8, 4) is 11.4 Å². The number of urea groups is 1. The Morgan fingerprint density at radius 1 is 0.940 bits per heavy atom. The first-order valence-electron chi connectivity index (χ1n) is 16.5. The summed E-state index contributed by atoms with van der Waals surface area (Å²) in [4.78, 5) is 40.4. The summed E-state index contributed by atoms with van der Waals surface area (Å²) >= 11 is 0. The minimum absolute atomic E-state index is 0.0570. The van der Waals surface area contributed by atoms with Crippen LogP contribution in [0.15, 0.2) is 54.7 Å². The van der Waals surface area contributed by atoms with Crippen molar-refractivity contribution in [1.29, 1.82) is 0 Å². The lowest BCUT2D eigenvalue weighted by Gasteiger charge is -2.36. The van der Waals surface area contributed by atoms with Crippen molar-refractivity contribution in [2.45, 2.75) is 57.7 Å². The Balaban J connectivity index is 0.994. The summed E-state index contributed by atoms with van der Waals surface area (Å²) in [5.74, 6) is 0.785. The van der Waals surface area contributed by atoms with Gasteiger partial charge in [-0.15, -0.1) is 0 Å². The van der Waals surface area contributed by atoms with Crippen molar-refractivity contribution in [3.05, 3.63) is 54.7 Å². The van der Waals surface area contributed by atoms with Crippen molar-refractivity contribution in [2.75, 3.05) is 59.8 Å². The Bertz CT molecular complexity index is 1870. The number of ether oxygens (including phenoxy) is 2. The smallest absolute Gasteiger partial charge is 0.410 e. The molecule has 4 aromatic rings. The number of benzene rings is 2. The normalized spacial score (nSPS) is 19.3. The van der Waals surface area contributed by atoms with Crippen LogP contribution in [0.1, 0.15) is 27.2 Å². The van der Waals surface area contributed by atoms with Gasteiger partial charge in [0.2, 0.25) is 0 Å². The number of halogens is 3. The molecule has 2 aromatic heterocycles. The molecule has 264 valence electrons. The van der Waals surface area contributed by atoms with Crippen LogP contribution in [0.2, 0.25) is 0 Å². The fraction of sp³-hybridized carbons (Fsp3) is 0.441. The number of carbonyl (C=O) groups excluding carboxylic acids is 2. The zero-order valence-corrected chi connectivity index (χ0v) is 27.9. The topological polar surface area (TPSA) is 130 Å². The summed E-state index contributed by atoms with van der Waals surface area (Å²) < 4.78 is 52.1. The van der Waals surface area contributed by atoms with Gasteiger partial charge in [-0.3, -0.25) is 0 Å². The number of alkyl halides is 3. The molecule has 2 N–H and O–H groups in total. The van der Waals surface area contributed by atoms with Gasteiger partial charge >= 0.3 is 18.3 Å². The van der Waals surface area contributed by atoms with Crippen molar-refractivity contribution < 1.29 is 32.2 Å². The maximum absolute atomic E-state index is 13.4. The highest BCUT2D eigenvalue weighted by atomic mass is 19.4. The van der Waals surface area contributed by atoms with Gasteiger partial charge in [0, 0.05) is 55.3 Å². The molecule has 50 heavy (non-hydrogen) atoms. The second-order valence-corrected chi connectivity index (χ2v) is 13.7. The van der Waals surface area contributed by atoms with Crippen LogP contribution in [0.5, 0.6) is 0 Å². The molecule has 3 saturated heterocycles. The van der Waals surface area contributed by atoms with E-state index in [0.29, 0.717) is 67.5 Å². The van der Waals surface area contributed by atoms with Crippen molar-refractivity contribution in [3.63, 3.8) is 0 Å². The predicted molar refractivity (Wildman–Crippen MR) is 181 cm³/mol. The Labute approximate surface area is 286 Å². The number of morpholine rings is 1. The first-order valence-corrected chi connectivity index (χ1v) is 16.5. The van der Waals surface area contributed by atoms with Gasteiger partial charge in [0.05, 0.1) is 30.3 Å². The zero-order valence-electron chi connectivity index (χ0n) is 27.9. The van der Waals surface area contributed by atoms with Crippen molar-refractivity contribution >= 4 is 46.0 Å². The Morgan fingerprint density at radius 2 is 1.60 bits per heavy atom. The molecule has 2 bridgehead atoms. The summed E-state index contributed by atoms with van der Waals surface area (Å²) in [6.45, 7) is 7.82. The van der Waals surface area contributed by atoms with Gasteiger partial charge in [-0.1, -0.05) is 0 Å². The second-order valence-electron chi connectivity index (χ2n) is 13.7. The van der Waals surface area contributed by atoms with Gasteiger partial charge < -0.3 is 34.8 Å². The van der Waals surface area contributed by atoms with E-state index >= 15 is 0 Å². The molecule has 2 unspecified atom stereocenters. The summed E-state index contributed by atoms with van der Waals surface area (Å²) in [5.41, 5.74) is 2.21. The van der Waals surface area contributed by atoms with E-state index in [2.05, 4.69) is 30.5 Å². The van der Waals surface area contributed by atoms with Crippen LogP contribution in [-0.4, -0.2) is 100 Å². The summed E-state index contributed by atoms with van der Waals surface area (Å²) in [5, 5.41) is 10.1. The molecular formula is C34H38F3N9O4. The van der Waals surface area contributed by atoms with E-state index in [0.717, 1.165) is 16.8 Å². The molecule has 5 heterocycles. The minimum atomic E-state index is -4.47. The molecule has 3 aliphatic heterocycles. The zero-order chi connectivity index (χ0) is 35.2. The monoisotopic (exact) mass is 693 g/mol. The summed E-state index contributed by atoms with van der Waals surface area (Å²) in [6.07, 6.45) is -2.50. The number of hydrogen-bond donors (Lipinski definition) is 2. The molecule has 7 rings (SSSR count). The van der Waals surface area contributed by atoms with Crippen LogP contribution >= 0.6 is 0 Å². The molecule has 13 nitrogen and oxygen atoms in total. The van der Waals surface area contributed by atoms with E-state index in [4.69, 9.17) is 14.5 Å². The Morgan fingerprint density at radius 3 is 2.18 bits per heavy atom. The van der Waals surface area contributed by atoms with Crippen LogP contribution < -0.4 is 20.4 Å². The van der Waals surface area contributed by atoms with E-state index in [1.54, 1.807) is 29.2 Å². The number of nitrogens with zero attached hydrogens (tertiary/aromatic N) is 7. The number of nitrogens with one attached hydrogen (secondary N) is 2. The molecule has 0 saturated carbocycles. The Hall–Kier alpha value is -5.12. The summed E-state index contributed by atoms with van der Waals surface area (Å²) in [7, 11) is 0. The molecule has 2 atom stereocenters. The van der Waals surface area contributed by atoms with E-state index in [1.165, 1.54) is 6.20 Å². The van der Waals surface area contributed by atoms with E-state index < -0.39 is 24.4 Å². The first-order chi connectivity index (χ1) is 23.8. The molecule has 0 radical (unpaired) electrons. The minimum Gasteiger partial charge on any atom is -0.444 e. The quantitative estimate of drug-likeness (QED) is 0.260. The maximum atomic E-state index is 13.4. The summed E-state index contributed by atoms with van der Waals surface area (Å²) in [6, 6.07) is 13.9. The largest absolute Gasteiger partial charge is 0.444 e. The average molecular weight is 694 g/mol. The number of rotatable bonds is 6. The van der Waals surface area contributed by atoms with E-state index in [-0.39, 0.29) is 29.7 Å². The van der Waals surface area contributed by atoms with Crippen molar-refractivity contribution in [2.24, 2.45) is 0 Å². The molecule has 3 fully saturated rings. The second kappa shape index (κ2) is 13.0. The molecule has 2 aromatic carbocycles. The lowest BCUT2D eigenvalue weighted by atomic mass is 10.2. The molecule has 0 spiro atoms. The van der Waals surface area contributed by atoms with Gasteiger partial charge in [0.25, 0.3) is 0 Å². The third-order valence-electron chi connectivity index (χ3n) is 8.80. The van der Waals surface area contributed by atoms with Crippen LogP contribution in [0.4, 0.5) is 45.6 Å². The average Bonchev–Trinajstić information content (AvgIpc) is 3.81. The number of anilines is 4. The van der Waals surface area contributed by atoms with Gasteiger partial charge in [-0.25, -0.2) is 24.2 Å². The highest BCUT2D eigenvalue weighted by Crippen LogP contribution is 2.37. The molecule has 3 aliphatic rings. The third-order valence-corrected chi connectivity index (χ3v) is 8.80. The van der Waals surface area contributed by atoms with Gasteiger partial charge in [0.15, 0.2) is 11.5 Å². The third kappa shape index (κ3) is 7.39. The Kier molecular flexibility index (Phi) is 8.66. The number of hydrogen-bond acceptors (Lipinski definition) is 9. The molecular weight excluding hydrogens is 655 g/mol. The van der Waals surface area contributed by atoms with Gasteiger partial charge in [-0.2, -0.15) is 18.3 Å². The molecule has 16 heteroatoms. The maximum Gasteiger partial charge on any atom is 0.410 e. The number of amides is 3. The fourth-order valence-electron chi connectivity index (χ4n) is 6.46. The lowest BCUT2D eigenvalue weighted by molar-refractivity contribution is -0.141. The van der Waals surface area contributed by atoms with Crippen LogP contribution in [0.3, 0.4) is 0 Å². The lowest BCUT2D eigenvalue weighted by Crippen LogP contribution is -2.50. The SMILES string of the molecule is CC(C)(C)OC(=O)N1CCN(c2ccc(NC(=O)Nc3ccc(-c4nc(N5CC6CC5CO6)c5cnn(CC(F)(F)F)c5n4)cc3)cc2)CC1. The highest BCUT2D eigenvalue weighted by Gasteiger charge is 2.41. The number of aromatic nitrogens is 4. The predicted octanol–water partition coefficient (Wildman–Crippen LogP) is 5.73.